The van der Waals surface area contributed by atoms with Gasteiger partial charge < -0.3 is 9.88 Å². The first-order valence-corrected chi connectivity index (χ1v) is 7.52. The van der Waals surface area contributed by atoms with E-state index in [-0.39, 0.29) is 18.9 Å². The summed E-state index contributed by atoms with van der Waals surface area (Å²) in [7, 11) is 1.90. The van der Waals surface area contributed by atoms with Crippen molar-refractivity contribution < 1.29 is 9.18 Å². The summed E-state index contributed by atoms with van der Waals surface area (Å²) in [4.78, 5) is 16.5. The van der Waals surface area contributed by atoms with E-state index in [2.05, 4.69) is 10.3 Å². The monoisotopic (exact) mass is 331 g/mol. The number of hydrogen-bond acceptors (Lipinski definition) is 2. The van der Waals surface area contributed by atoms with Crippen LogP contribution in [0.4, 0.5) is 4.39 Å². The van der Waals surface area contributed by atoms with E-state index >= 15 is 0 Å². The second kappa shape index (κ2) is 6.38. The van der Waals surface area contributed by atoms with Crippen molar-refractivity contribution in [3.8, 4) is 0 Å². The van der Waals surface area contributed by atoms with Gasteiger partial charge >= 0.3 is 0 Å². The molecule has 0 unspecified atom stereocenters. The van der Waals surface area contributed by atoms with Crippen molar-refractivity contribution in [2.75, 3.05) is 0 Å². The number of nitrogens with zero attached hydrogens (tertiary/aromatic N) is 2. The topological polar surface area (TPSA) is 46.9 Å². The fraction of sp³-hybridized carbons (Fsp3) is 0.176. The first-order chi connectivity index (χ1) is 11.0. The maximum Gasteiger partial charge on any atom is 0.224 e. The highest BCUT2D eigenvalue weighted by Gasteiger charge is 2.11. The maximum atomic E-state index is 13.0. The molecule has 2 heterocycles. The molecule has 0 aliphatic carbocycles. The van der Waals surface area contributed by atoms with Crippen molar-refractivity contribution in [1.82, 2.24) is 14.9 Å². The summed E-state index contributed by atoms with van der Waals surface area (Å²) in [5.74, 6) is -0.518. The zero-order chi connectivity index (χ0) is 16.4. The van der Waals surface area contributed by atoms with Crippen molar-refractivity contribution in [2.24, 2.45) is 7.05 Å². The van der Waals surface area contributed by atoms with Gasteiger partial charge in [0.1, 0.15) is 11.5 Å². The van der Waals surface area contributed by atoms with E-state index in [0.717, 1.165) is 16.6 Å². The molecule has 1 N–H and O–H groups in total. The highest BCUT2D eigenvalue weighted by molar-refractivity contribution is 6.31. The second-order valence-corrected chi connectivity index (χ2v) is 5.74. The molecule has 3 aromatic rings. The predicted octanol–water partition coefficient (Wildman–Crippen LogP) is 3.22. The Kier molecular flexibility index (Phi) is 4.30. The van der Waals surface area contributed by atoms with Gasteiger partial charge in [-0.15, -0.1) is 0 Å². The molecule has 6 heteroatoms. The zero-order valence-electron chi connectivity index (χ0n) is 12.5. The van der Waals surface area contributed by atoms with E-state index in [1.165, 1.54) is 12.1 Å². The molecule has 0 spiro atoms. The summed E-state index contributed by atoms with van der Waals surface area (Å²) >= 11 is 5.95. The Morgan fingerprint density at radius 1 is 1.35 bits per heavy atom. The molecule has 0 aliphatic rings. The lowest BCUT2D eigenvalue weighted by atomic mass is 10.1. The molecule has 118 valence electrons. The average molecular weight is 332 g/mol. The Hall–Kier alpha value is -2.40. The number of carbonyl (C=O) groups excluding carboxylic acids is 1. The normalized spacial score (nSPS) is 10.9. The van der Waals surface area contributed by atoms with Gasteiger partial charge in [-0.1, -0.05) is 17.7 Å². The van der Waals surface area contributed by atoms with E-state index in [1.807, 2.05) is 29.9 Å². The highest BCUT2D eigenvalue weighted by atomic mass is 35.5. The summed E-state index contributed by atoms with van der Waals surface area (Å²) in [6.45, 7) is 0.265. The Morgan fingerprint density at radius 2 is 2.17 bits per heavy atom. The van der Waals surface area contributed by atoms with Gasteiger partial charge in [-0.25, -0.2) is 9.37 Å². The van der Waals surface area contributed by atoms with Gasteiger partial charge in [0.15, 0.2) is 0 Å². The van der Waals surface area contributed by atoms with Crippen LogP contribution >= 0.6 is 11.6 Å². The van der Waals surface area contributed by atoms with Gasteiger partial charge in [0, 0.05) is 36.4 Å². The van der Waals surface area contributed by atoms with E-state index in [9.17, 15) is 9.18 Å². The molecule has 0 radical (unpaired) electrons. The quantitative estimate of drug-likeness (QED) is 0.798. The third-order valence-corrected chi connectivity index (χ3v) is 4.01. The van der Waals surface area contributed by atoms with Gasteiger partial charge in [0.2, 0.25) is 5.91 Å². The molecular weight excluding hydrogens is 317 g/mol. The Morgan fingerprint density at radius 3 is 2.96 bits per heavy atom. The first kappa shape index (κ1) is 15.5. The summed E-state index contributed by atoms with van der Waals surface area (Å²) in [6, 6.07) is 7.92. The lowest BCUT2D eigenvalue weighted by molar-refractivity contribution is -0.120. The van der Waals surface area contributed by atoms with Crippen LogP contribution in [0, 0.1) is 5.82 Å². The molecule has 0 saturated carbocycles. The molecule has 1 aromatic carbocycles. The van der Waals surface area contributed by atoms with Crippen molar-refractivity contribution in [1.29, 1.82) is 0 Å². The number of fused-ring (bicyclic) bond motifs is 1. The fourth-order valence-corrected chi connectivity index (χ4v) is 2.76. The van der Waals surface area contributed by atoms with Gasteiger partial charge in [0.25, 0.3) is 0 Å². The van der Waals surface area contributed by atoms with E-state index in [4.69, 9.17) is 11.6 Å². The van der Waals surface area contributed by atoms with Crippen LogP contribution < -0.4 is 5.32 Å². The molecule has 1 amide bonds. The SMILES string of the molecule is Cn1cc(CC(=O)NCc2ccc(F)cc2Cl)c2cccnc21. The smallest absolute Gasteiger partial charge is 0.224 e. The third-order valence-electron chi connectivity index (χ3n) is 3.66. The van der Waals surface area contributed by atoms with Crippen molar-refractivity contribution in [3.63, 3.8) is 0 Å². The number of rotatable bonds is 4. The van der Waals surface area contributed by atoms with Crippen LogP contribution in [0.3, 0.4) is 0 Å². The summed E-state index contributed by atoms with van der Waals surface area (Å²) in [5.41, 5.74) is 2.44. The van der Waals surface area contributed by atoms with Gasteiger partial charge in [0.05, 0.1) is 6.42 Å². The number of benzene rings is 1. The predicted molar refractivity (Wildman–Crippen MR) is 87.7 cm³/mol. The minimum Gasteiger partial charge on any atom is -0.352 e. The molecule has 0 atom stereocenters. The molecule has 0 bridgehead atoms. The zero-order valence-corrected chi connectivity index (χ0v) is 13.3. The maximum absolute atomic E-state index is 13.0. The van der Waals surface area contributed by atoms with Gasteiger partial charge in [-0.3, -0.25) is 4.79 Å². The van der Waals surface area contributed by atoms with Crippen LogP contribution in [0.2, 0.25) is 5.02 Å². The molecule has 4 nitrogen and oxygen atoms in total. The molecule has 0 saturated heterocycles. The third kappa shape index (κ3) is 3.35. The number of amides is 1. The van der Waals surface area contributed by atoms with Crippen LogP contribution in [0.15, 0.2) is 42.7 Å². The number of hydrogen-bond donors (Lipinski definition) is 1. The summed E-state index contributed by atoms with van der Waals surface area (Å²) < 4.78 is 14.9. The minimum atomic E-state index is -0.395. The number of aromatic nitrogens is 2. The lowest BCUT2D eigenvalue weighted by Crippen LogP contribution is -2.24. The van der Waals surface area contributed by atoms with Crippen molar-refractivity contribution >= 4 is 28.5 Å². The lowest BCUT2D eigenvalue weighted by Gasteiger charge is -2.07. The molecule has 0 fully saturated rings. The second-order valence-electron chi connectivity index (χ2n) is 5.33. The Bertz CT molecular complexity index is 875. The Labute approximate surface area is 137 Å². The molecule has 3 rings (SSSR count). The molecule has 23 heavy (non-hydrogen) atoms. The summed E-state index contributed by atoms with van der Waals surface area (Å²) in [6.07, 6.45) is 3.88. The fourth-order valence-electron chi connectivity index (χ4n) is 2.53. The molecule has 2 aromatic heterocycles. The van der Waals surface area contributed by atoms with Crippen molar-refractivity contribution in [3.05, 3.63) is 64.7 Å². The standard InChI is InChI=1S/C17H15ClFN3O/c1-22-10-12(14-3-2-6-20-17(14)22)7-16(23)21-9-11-4-5-13(19)8-15(11)18/h2-6,8,10H,7,9H2,1H3,(H,21,23). The number of aryl methyl sites for hydroxylation is 1. The van der Waals surface area contributed by atoms with Crippen LogP contribution in [-0.4, -0.2) is 15.5 Å². The molecular formula is C17H15ClFN3O. The number of pyridine rings is 1. The Balaban J connectivity index is 1.69. The van der Waals surface area contributed by atoms with Gasteiger partial charge in [-0.05, 0) is 35.4 Å². The minimum absolute atomic E-state index is 0.123. The first-order valence-electron chi connectivity index (χ1n) is 7.14. The van der Waals surface area contributed by atoms with Gasteiger partial charge in [-0.2, -0.15) is 0 Å². The van der Waals surface area contributed by atoms with E-state index < -0.39 is 5.82 Å². The average Bonchev–Trinajstić information content (AvgIpc) is 2.83. The highest BCUT2D eigenvalue weighted by Crippen LogP contribution is 2.19. The van der Waals surface area contributed by atoms with E-state index in [0.29, 0.717) is 10.6 Å². The number of carbonyl (C=O) groups is 1. The van der Waals surface area contributed by atoms with Crippen molar-refractivity contribution in [2.45, 2.75) is 13.0 Å². The van der Waals surface area contributed by atoms with E-state index in [1.54, 1.807) is 12.3 Å². The largest absolute Gasteiger partial charge is 0.352 e. The molecule has 0 aliphatic heterocycles. The number of halogens is 2. The van der Waals surface area contributed by atoms with Crippen LogP contribution in [0.25, 0.3) is 11.0 Å². The van der Waals surface area contributed by atoms with Crippen LogP contribution in [0.1, 0.15) is 11.1 Å². The number of nitrogens with one attached hydrogen (secondary N) is 1. The summed E-state index contributed by atoms with van der Waals surface area (Å²) in [5, 5.41) is 4.07. The van der Waals surface area contributed by atoms with Crippen LogP contribution in [0.5, 0.6) is 0 Å². The van der Waals surface area contributed by atoms with Crippen LogP contribution in [-0.2, 0) is 24.8 Å².